The van der Waals surface area contributed by atoms with Gasteiger partial charge in [-0.3, -0.25) is 0 Å². The van der Waals surface area contributed by atoms with Crippen molar-refractivity contribution in [3.05, 3.63) is 33.8 Å². The SMILES string of the molecule is Cc1cc(Br)cc(C2(CCN)CCC2)c1. The first-order chi connectivity index (χ1) is 7.16. The zero-order valence-corrected chi connectivity index (χ0v) is 10.8. The lowest BCUT2D eigenvalue weighted by Gasteiger charge is -2.42. The van der Waals surface area contributed by atoms with Crippen molar-refractivity contribution >= 4 is 15.9 Å². The third kappa shape index (κ3) is 2.11. The molecule has 2 heteroatoms. The molecule has 1 aliphatic carbocycles. The number of rotatable bonds is 3. The van der Waals surface area contributed by atoms with Gasteiger partial charge in [0.1, 0.15) is 0 Å². The average Bonchev–Trinajstić information content (AvgIpc) is 2.09. The van der Waals surface area contributed by atoms with Crippen LogP contribution in [0.1, 0.15) is 36.8 Å². The van der Waals surface area contributed by atoms with E-state index in [1.807, 2.05) is 0 Å². The molecule has 2 N–H and O–H groups in total. The molecule has 0 atom stereocenters. The highest BCUT2D eigenvalue weighted by Gasteiger charge is 2.37. The smallest absolute Gasteiger partial charge is 0.0180 e. The Balaban J connectivity index is 2.34. The van der Waals surface area contributed by atoms with Crippen LogP contribution >= 0.6 is 15.9 Å². The minimum atomic E-state index is 0.392. The fourth-order valence-corrected chi connectivity index (χ4v) is 3.21. The van der Waals surface area contributed by atoms with E-state index in [2.05, 4.69) is 41.1 Å². The molecule has 1 aromatic carbocycles. The minimum absolute atomic E-state index is 0.392. The maximum absolute atomic E-state index is 5.73. The standard InChI is InChI=1S/C13H18BrN/c1-10-7-11(9-12(14)8-10)13(5-6-15)3-2-4-13/h7-9H,2-6,15H2,1H3. The summed E-state index contributed by atoms with van der Waals surface area (Å²) in [4.78, 5) is 0. The molecule has 0 heterocycles. The molecule has 1 aromatic rings. The summed E-state index contributed by atoms with van der Waals surface area (Å²) in [6, 6.07) is 6.75. The molecule has 0 radical (unpaired) electrons. The van der Waals surface area contributed by atoms with Gasteiger partial charge >= 0.3 is 0 Å². The van der Waals surface area contributed by atoms with Crippen LogP contribution in [-0.2, 0) is 5.41 Å². The summed E-state index contributed by atoms with van der Waals surface area (Å²) in [6.07, 6.45) is 5.09. The Bertz CT molecular complexity index is 335. The highest BCUT2D eigenvalue weighted by molar-refractivity contribution is 9.10. The fourth-order valence-electron chi connectivity index (χ4n) is 2.61. The number of nitrogens with two attached hydrogens (primary N) is 1. The summed E-state index contributed by atoms with van der Waals surface area (Å²) in [6.45, 7) is 2.95. The van der Waals surface area contributed by atoms with Gasteiger partial charge in [-0.05, 0) is 61.4 Å². The van der Waals surface area contributed by atoms with Gasteiger partial charge in [0.25, 0.3) is 0 Å². The Kier molecular flexibility index (Phi) is 3.17. The molecule has 0 aliphatic heterocycles. The van der Waals surface area contributed by atoms with Crippen molar-refractivity contribution < 1.29 is 0 Å². The predicted octanol–water partition coefficient (Wildman–Crippen LogP) is 3.53. The topological polar surface area (TPSA) is 26.0 Å². The van der Waals surface area contributed by atoms with Crippen molar-refractivity contribution in [1.29, 1.82) is 0 Å². The quantitative estimate of drug-likeness (QED) is 0.891. The number of halogens is 1. The Hall–Kier alpha value is -0.340. The van der Waals surface area contributed by atoms with Gasteiger partial charge in [-0.1, -0.05) is 28.4 Å². The van der Waals surface area contributed by atoms with Gasteiger partial charge in [0.15, 0.2) is 0 Å². The third-order valence-electron chi connectivity index (χ3n) is 3.59. The molecule has 0 amide bonds. The molecule has 0 aromatic heterocycles. The first-order valence-corrected chi connectivity index (χ1v) is 6.43. The van der Waals surface area contributed by atoms with Crippen LogP contribution in [0.4, 0.5) is 0 Å². The van der Waals surface area contributed by atoms with E-state index in [0.717, 1.165) is 13.0 Å². The summed E-state index contributed by atoms with van der Waals surface area (Å²) in [5, 5.41) is 0. The van der Waals surface area contributed by atoms with Crippen LogP contribution in [0.25, 0.3) is 0 Å². The van der Waals surface area contributed by atoms with Gasteiger partial charge < -0.3 is 5.73 Å². The normalized spacial score (nSPS) is 18.6. The minimum Gasteiger partial charge on any atom is -0.330 e. The summed E-state index contributed by atoms with van der Waals surface area (Å²) in [5.41, 5.74) is 8.93. The van der Waals surface area contributed by atoms with Gasteiger partial charge in [0.05, 0.1) is 0 Å². The average molecular weight is 268 g/mol. The van der Waals surface area contributed by atoms with Crippen LogP contribution in [0.2, 0.25) is 0 Å². The van der Waals surface area contributed by atoms with Crippen molar-refractivity contribution in [1.82, 2.24) is 0 Å². The van der Waals surface area contributed by atoms with Gasteiger partial charge in [0.2, 0.25) is 0 Å². The van der Waals surface area contributed by atoms with Crippen LogP contribution in [-0.4, -0.2) is 6.54 Å². The molecular weight excluding hydrogens is 250 g/mol. The molecule has 1 fully saturated rings. The molecule has 0 bridgehead atoms. The predicted molar refractivity (Wildman–Crippen MR) is 68.1 cm³/mol. The number of hydrogen-bond acceptors (Lipinski definition) is 1. The van der Waals surface area contributed by atoms with Crippen LogP contribution in [0.5, 0.6) is 0 Å². The van der Waals surface area contributed by atoms with Gasteiger partial charge in [-0.15, -0.1) is 0 Å². The van der Waals surface area contributed by atoms with Crippen LogP contribution in [0, 0.1) is 6.92 Å². The molecule has 1 nitrogen and oxygen atoms in total. The molecule has 1 saturated carbocycles. The molecule has 2 rings (SSSR count). The Morgan fingerprint density at radius 1 is 1.33 bits per heavy atom. The highest BCUT2D eigenvalue weighted by atomic mass is 79.9. The molecule has 82 valence electrons. The molecular formula is C13H18BrN. The van der Waals surface area contributed by atoms with Crippen LogP contribution in [0.3, 0.4) is 0 Å². The molecule has 15 heavy (non-hydrogen) atoms. The van der Waals surface area contributed by atoms with Crippen molar-refractivity contribution in [2.45, 2.75) is 38.0 Å². The van der Waals surface area contributed by atoms with Crippen molar-refractivity contribution in [2.24, 2.45) is 5.73 Å². The van der Waals surface area contributed by atoms with Gasteiger partial charge in [-0.25, -0.2) is 0 Å². The van der Waals surface area contributed by atoms with Gasteiger partial charge in [-0.2, -0.15) is 0 Å². The molecule has 0 spiro atoms. The van der Waals surface area contributed by atoms with E-state index in [-0.39, 0.29) is 0 Å². The molecule has 0 saturated heterocycles. The largest absolute Gasteiger partial charge is 0.330 e. The van der Waals surface area contributed by atoms with Crippen LogP contribution in [0.15, 0.2) is 22.7 Å². The van der Waals surface area contributed by atoms with E-state index in [9.17, 15) is 0 Å². The van der Waals surface area contributed by atoms with Crippen molar-refractivity contribution in [2.75, 3.05) is 6.54 Å². The van der Waals surface area contributed by atoms with E-state index in [0.29, 0.717) is 5.41 Å². The van der Waals surface area contributed by atoms with E-state index < -0.39 is 0 Å². The number of hydrogen-bond donors (Lipinski definition) is 1. The first kappa shape index (κ1) is 11.2. The van der Waals surface area contributed by atoms with Crippen LogP contribution < -0.4 is 5.73 Å². The van der Waals surface area contributed by atoms with Crippen molar-refractivity contribution in [3.8, 4) is 0 Å². The summed E-state index contributed by atoms with van der Waals surface area (Å²) in [7, 11) is 0. The second-order valence-corrected chi connectivity index (χ2v) is 5.61. The highest BCUT2D eigenvalue weighted by Crippen LogP contribution is 2.46. The maximum Gasteiger partial charge on any atom is 0.0180 e. The summed E-state index contributed by atoms with van der Waals surface area (Å²) < 4.78 is 1.20. The molecule has 1 aliphatic rings. The lowest BCUT2D eigenvalue weighted by Crippen LogP contribution is -2.36. The Morgan fingerprint density at radius 3 is 2.53 bits per heavy atom. The third-order valence-corrected chi connectivity index (χ3v) is 4.05. The van der Waals surface area contributed by atoms with E-state index >= 15 is 0 Å². The Labute approximate surface area is 100 Å². The number of aryl methyl sites for hydroxylation is 1. The zero-order chi connectivity index (χ0) is 10.9. The summed E-state index contributed by atoms with van der Waals surface area (Å²) in [5.74, 6) is 0. The first-order valence-electron chi connectivity index (χ1n) is 5.64. The maximum atomic E-state index is 5.73. The van der Waals surface area contributed by atoms with Crippen molar-refractivity contribution in [3.63, 3.8) is 0 Å². The van der Waals surface area contributed by atoms with E-state index in [1.165, 1.54) is 34.9 Å². The fraction of sp³-hybridized carbons (Fsp3) is 0.538. The lowest BCUT2D eigenvalue weighted by molar-refractivity contribution is 0.229. The Morgan fingerprint density at radius 2 is 2.07 bits per heavy atom. The monoisotopic (exact) mass is 267 g/mol. The second kappa shape index (κ2) is 4.26. The van der Waals surface area contributed by atoms with E-state index in [4.69, 9.17) is 5.73 Å². The second-order valence-electron chi connectivity index (χ2n) is 4.69. The van der Waals surface area contributed by atoms with Gasteiger partial charge in [0, 0.05) is 4.47 Å². The lowest BCUT2D eigenvalue weighted by atomic mass is 9.62. The zero-order valence-electron chi connectivity index (χ0n) is 9.22. The number of benzene rings is 1. The molecule has 0 unspecified atom stereocenters. The van der Waals surface area contributed by atoms with E-state index in [1.54, 1.807) is 0 Å². The summed E-state index contributed by atoms with van der Waals surface area (Å²) >= 11 is 3.58.